The number of hydrogen-bond acceptors (Lipinski definition) is 9. The van der Waals surface area contributed by atoms with Crippen molar-refractivity contribution in [1.82, 2.24) is 19.9 Å². The Labute approximate surface area is 211 Å². The number of nitrogens with zero attached hydrogens (tertiary/aromatic N) is 5. The maximum absolute atomic E-state index is 15.0. The molecule has 0 aromatic carbocycles. The molecule has 4 rings (SSSR count). The molecule has 1 unspecified atom stereocenters. The summed E-state index contributed by atoms with van der Waals surface area (Å²) < 4.78 is 26.4. The van der Waals surface area contributed by atoms with E-state index in [0.29, 0.717) is 34.3 Å². The van der Waals surface area contributed by atoms with Crippen LogP contribution in [0.3, 0.4) is 0 Å². The van der Waals surface area contributed by atoms with Crippen LogP contribution in [0, 0.1) is 5.82 Å². The molecule has 4 heterocycles. The third-order valence-electron chi connectivity index (χ3n) is 5.27. The Bertz CT molecular complexity index is 1290. The van der Waals surface area contributed by atoms with Crippen molar-refractivity contribution >= 4 is 52.0 Å². The number of hydrogen-bond donors (Lipinski definition) is 1. The molecular formula is C23H26ClFN6O3S. The van der Waals surface area contributed by atoms with Crippen LogP contribution in [0.5, 0.6) is 5.88 Å². The molecule has 0 aliphatic carbocycles. The Morgan fingerprint density at radius 3 is 2.80 bits per heavy atom. The van der Waals surface area contributed by atoms with Crippen molar-refractivity contribution in [3.8, 4) is 5.88 Å². The van der Waals surface area contributed by atoms with Gasteiger partial charge in [0.2, 0.25) is 5.88 Å². The fourth-order valence-electron chi connectivity index (χ4n) is 3.82. The van der Waals surface area contributed by atoms with Crippen molar-refractivity contribution in [3.63, 3.8) is 0 Å². The molecule has 186 valence electrons. The van der Waals surface area contributed by atoms with Crippen molar-refractivity contribution in [2.24, 2.45) is 0 Å². The number of carbonyl (C=O) groups is 1. The minimum Gasteiger partial charge on any atom is -0.472 e. The van der Waals surface area contributed by atoms with Gasteiger partial charge in [-0.05, 0) is 46.9 Å². The van der Waals surface area contributed by atoms with Gasteiger partial charge in [0, 0.05) is 11.8 Å². The molecule has 2 atom stereocenters. The third kappa shape index (κ3) is 5.20. The van der Waals surface area contributed by atoms with E-state index in [1.54, 1.807) is 33.0 Å². The van der Waals surface area contributed by atoms with Gasteiger partial charge in [-0.15, -0.1) is 0 Å². The van der Waals surface area contributed by atoms with Gasteiger partial charge >= 0.3 is 6.09 Å². The molecule has 1 aliphatic heterocycles. The smallest absolute Gasteiger partial charge is 0.413 e. The molecule has 0 saturated carbocycles. The normalized spacial score (nSPS) is 16.5. The molecule has 1 N–H and O–H groups in total. The highest BCUT2D eigenvalue weighted by molar-refractivity contribution is 7.98. The second kappa shape index (κ2) is 9.62. The first kappa shape index (κ1) is 25.2. The molecular weight excluding hydrogens is 495 g/mol. The molecule has 1 aliphatic rings. The summed E-state index contributed by atoms with van der Waals surface area (Å²) in [5, 5.41) is 3.15. The number of carbonyl (C=O) groups excluding carboxylic acids is 1. The van der Waals surface area contributed by atoms with E-state index in [9.17, 15) is 4.79 Å². The summed E-state index contributed by atoms with van der Waals surface area (Å²) in [5.74, 6) is 0.253. The molecule has 35 heavy (non-hydrogen) atoms. The number of anilines is 2. The number of pyridine rings is 2. The zero-order valence-corrected chi connectivity index (χ0v) is 21.8. The number of aromatic nitrogens is 4. The van der Waals surface area contributed by atoms with Crippen LogP contribution in [-0.4, -0.2) is 50.5 Å². The standard InChI is InChI=1S/C23H26ClFN6O3S/c1-11-10-31(12(2)13-8-7-9-26-18(13)29-22(32)34-23(3,4)5)19-14-16(27-21(30-19)35-6)15(25)17(24)28-20(14)33-11/h7-9,11-12H,10H2,1-6H3,(H,26,29,32)/t11-,12?/m0/s1. The van der Waals surface area contributed by atoms with Gasteiger partial charge in [0.25, 0.3) is 0 Å². The quantitative estimate of drug-likeness (QED) is 0.266. The van der Waals surface area contributed by atoms with Crippen molar-refractivity contribution in [1.29, 1.82) is 0 Å². The lowest BCUT2D eigenvalue weighted by molar-refractivity contribution is 0.0635. The van der Waals surface area contributed by atoms with Crippen molar-refractivity contribution in [3.05, 3.63) is 34.9 Å². The van der Waals surface area contributed by atoms with Gasteiger partial charge in [-0.3, -0.25) is 5.32 Å². The van der Waals surface area contributed by atoms with Crippen LogP contribution < -0.4 is 15.0 Å². The Kier molecular flexibility index (Phi) is 6.92. The van der Waals surface area contributed by atoms with Gasteiger partial charge in [0.15, 0.2) is 16.1 Å². The molecule has 12 heteroatoms. The summed E-state index contributed by atoms with van der Waals surface area (Å²) in [5.41, 5.74) is 0.0956. The van der Waals surface area contributed by atoms with E-state index in [1.807, 2.05) is 31.1 Å². The molecule has 0 spiro atoms. The van der Waals surface area contributed by atoms with Crippen LogP contribution in [0.25, 0.3) is 10.9 Å². The maximum atomic E-state index is 15.0. The van der Waals surface area contributed by atoms with E-state index in [0.717, 1.165) is 0 Å². The number of amides is 1. The van der Waals surface area contributed by atoms with E-state index in [2.05, 4.69) is 20.3 Å². The van der Waals surface area contributed by atoms with Crippen LogP contribution in [0.1, 0.15) is 46.2 Å². The maximum Gasteiger partial charge on any atom is 0.413 e. The van der Waals surface area contributed by atoms with Crippen molar-refractivity contribution < 1.29 is 18.7 Å². The zero-order chi connectivity index (χ0) is 25.5. The lowest BCUT2D eigenvalue weighted by Crippen LogP contribution is -2.36. The van der Waals surface area contributed by atoms with Gasteiger partial charge in [0.1, 0.15) is 34.2 Å². The van der Waals surface area contributed by atoms with Gasteiger partial charge in [-0.25, -0.2) is 24.1 Å². The summed E-state index contributed by atoms with van der Waals surface area (Å²) in [6, 6.07) is 3.29. The molecule has 3 aromatic rings. The van der Waals surface area contributed by atoms with Gasteiger partial charge in [-0.2, -0.15) is 4.98 Å². The predicted octanol–water partition coefficient (Wildman–Crippen LogP) is 5.63. The molecule has 0 fully saturated rings. The second-order valence-corrected chi connectivity index (χ2v) is 10.2. The molecule has 1 amide bonds. The Morgan fingerprint density at radius 2 is 2.11 bits per heavy atom. The minimum absolute atomic E-state index is 0.0407. The van der Waals surface area contributed by atoms with Gasteiger partial charge in [0.05, 0.1) is 12.6 Å². The van der Waals surface area contributed by atoms with E-state index >= 15 is 4.39 Å². The minimum atomic E-state index is -0.733. The molecule has 0 saturated heterocycles. The van der Waals surface area contributed by atoms with Gasteiger partial charge < -0.3 is 14.4 Å². The fourth-order valence-corrected chi connectivity index (χ4v) is 4.35. The first-order valence-corrected chi connectivity index (χ1v) is 12.6. The summed E-state index contributed by atoms with van der Waals surface area (Å²) in [6.07, 6.45) is 2.45. The average Bonchev–Trinajstić information content (AvgIpc) is 2.92. The second-order valence-electron chi connectivity index (χ2n) is 9.10. The highest BCUT2D eigenvalue weighted by atomic mass is 35.5. The molecule has 9 nitrogen and oxygen atoms in total. The highest BCUT2D eigenvalue weighted by Gasteiger charge is 2.32. The average molecular weight is 521 g/mol. The Hall–Kier alpha value is -2.92. The monoisotopic (exact) mass is 520 g/mol. The number of ether oxygens (including phenoxy) is 2. The molecule has 3 aromatic heterocycles. The number of nitrogens with one attached hydrogen (secondary N) is 1. The first-order chi connectivity index (χ1) is 16.5. The summed E-state index contributed by atoms with van der Waals surface area (Å²) in [4.78, 5) is 32.0. The topological polar surface area (TPSA) is 102 Å². The third-order valence-corrected chi connectivity index (χ3v) is 6.07. The van der Waals surface area contributed by atoms with E-state index in [1.165, 1.54) is 11.8 Å². The Balaban J connectivity index is 1.83. The number of rotatable bonds is 4. The lowest BCUT2D eigenvalue weighted by Gasteiger charge is -2.32. The fraction of sp³-hybridized carbons (Fsp3) is 0.435. The number of halogens is 2. The van der Waals surface area contributed by atoms with E-state index < -0.39 is 17.5 Å². The predicted molar refractivity (Wildman–Crippen MR) is 134 cm³/mol. The first-order valence-electron chi connectivity index (χ1n) is 11.0. The highest BCUT2D eigenvalue weighted by Crippen LogP contribution is 2.42. The zero-order valence-electron chi connectivity index (χ0n) is 20.2. The molecule has 0 radical (unpaired) electrons. The van der Waals surface area contributed by atoms with Crippen molar-refractivity contribution in [2.45, 2.75) is 57.5 Å². The molecule has 0 bridgehead atoms. The summed E-state index contributed by atoms with van der Waals surface area (Å²) >= 11 is 7.33. The van der Waals surface area contributed by atoms with E-state index in [-0.39, 0.29) is 28.7 Å². The van der Waals surface area contributed by atoms with Crippen molar-refractivity contribution in [2.75, 3.05) is 23.0 Å². The van der Waals surface area contributed by atoms with Crippen LogP contribution >= 0.6 is 23.4 Å². The largest absolute Gasteiger partial charge is 0.472 e. The Morgan fingerprint density at radius 1 is 1.37 bits per heavy atom. The van der Waals surface area contributed by atoms with Crippen LogP contribution in [0.2, 0.25) is 5.15 Å². The lowest BCUT2D eigenvalue weighted by atomic mass is 10.1. The number of thioether (sulfide) groups is 1. The van der Waals surface area contributed by atoms with Gasteiger partial charge in [-0.1, -0.05) is 29.4 Å². The van der Waals surface area contributed by atoms with Crippen LogP contribution in [-0.2, 0) is 4.74 Å². The summed E-state index contributed by atoms with van der Waals surface area (Å²) in [6.45, 7) is 9.58. The van der Waals surface area contributed by atoms with Crippen LogP contribution in [0.4, 0.5) is 20.8 Å². The van der Waals surface area contributed by atoms with Crippen LogP contribution in [0.15, 0.2) is 23.5 Å². The summed E-state index contributed by atoms with van der Waals surface area (Å²) in [7, 11) is 0. The SMILES string of the molecule is CSc1nc2c3c(nc(Cl)c(F)c3n1)O[C@@H](C)CN2C(C)c1cccnc1NC(=O)OC(C)(C)C. The van der Waals surface area contributed by atoms with E-state index in [4.69, 9.17) is 26.1 Å².